The molecule has 0 radical (unpaired) electrons. The third kappa shape index (κ3) is 6.74. The average molecular weight is 736 g/mol. The van der Waals surface area contributed by atoms with Crippen LogP contribution in [0, 0.1) is 0 Å². The Kier molecular flexibility index (Phi) is 8.87. The van der Waals surface area contributed by atoms with Crippen molar-refractivity contribution in [2.45, 2.75) is 38.8 Å². The van der Waals surface area contributed by atoms with Crippen molar-refractivity contribution < 1.29 is 40.6 Å². The Bertz CT molecular complexity index is 2430. The number of rotatable bonds is 8. The van der Waals surface area contributed by atoms with Crippen LogP contribution in [0.3, 0.4) is 0 Å². The van der Waals surface area contributed by atoms with Crippen molar-refractivity contribution in [3.63, 3.8) is 0 Å². The summed E-state index contributed by atoms with van der Waals surface area (Å²) in [5.41, 5.74) is 3.01. The van der Waals surface area contributed by atoms with E-state index >= 15 is 0 Å². The van der Waals surface area contributed by atoms with E-state index in [0.717, 1.165) is 0 Å². The Morgan fingerprint density at radius 1 is 0.922 bits per heavy atom. The van der Waals surface area contributed by atoms with Gasteiger partial charge in [-0.2, -0.15) is 8.42 Å². The summed E-state index contributed by atoms with van der Waals surface area (Å²) in [5, 5.41) is 10.8. The Balaban J connectivity index is 1.76. The van der Waals surface area contributed by atoms with Gasteiger partial charge in [0.25, 0.3) is 16.0 Å². The molecule has 0 saturated heterocycles. The van der Waals surface area contributed by atoms with Crippen molar-refractivity contribution in [1.82, 2.24) is 9.48 Å². The fourth-order valence-corrected chi connectivity index (χ4v) is 8.37. The number of ether oxygens (including phenoxy) is 1. The van der Waals surface area contributed by atoms with E-state index in [9.17, 15) is 35.8 Å². The van der Waals surface area contributed by atoms with E-state index in [-0.39, 0.29) is 19.1 Å². The summed E-state index contributed by atoms with van der Waals surface area (Å²) in [6.45, 7) is 7.52. The average Bonchev–Trinajstić information content (AvgIpc) is 3.02. The SMILES string of the molecule is CN(CCO)C(=O)c1ccccc1C1=c2cc3c(cc2Oc2cc4c(cc21)C(CS(=O)(=O)[O-])=CC(C)(C)N4C)=[N+](C)C(C)(C)C=C3CS(=O)(=O)O. The van der Waals surface area contributed by atoms with Crippen LogP contribution in [0.1, 0.15) is 60.3 Å². The molecule has 12 nitrogen and oxygen atoms in total. The highest BCUT2D eigenvalue weighted by Crippen LogP contribution is 2.46. The van der Waals surface area contributed by atoms with Gasteiger partial charge in [-0.15, -0.1) is 0 Å². The topological polar surface area (TPSA) is 168 Å². The van der Waals surface area contributed by atoms with Crippen LogP contribution in [0.2, 0.25) is 0 Å². The van der Waals surface area contributed by atoms with Crippen molar-refractivity contribution in [3.8, 4) is 11.5 Å². The minimum Gasteiger partial charge on any atom is -0.748 e. The molecule has 3 aromatic carbocycles. The highest BCUT2D eigenvalue weighted by molar-refractivity contribution is 7.86. The number of likely N-dealkylation sites (N-methyl/N-ethyl adjacent to an activating group) is 3. The molecule has 270 valence electrons. The number of amides is 1. The smallest absolute Gasteiger partial charge is 0.269 e. The maximum atomic E-state index is 13.9. The molecule has 0 saturated carbocycles. The molecule has 0 aliphatic carbocycles. The normalized spacial score (nSPS) is 17.3. The van der Waals surface area contributed by atoms with Crippen LogP contribution >= 0.6 is 0 Å². The van der Waals surface area contributed by atoms with Gasteiger partial charge in [0.2, 0.25) is 5.36 Å². The molecule has 0 aromatic heterocycles. The number of nitrogens with zero attached hydrogens (tertiary/aromatic N) is 3. The van der Waals surface area contributed by atoms with Crippen molar-refractivity contribution in [2.75, 3.05) is 50.7 Å². The van der Waals surface area contributed by atoms with Crippen LogP contribution in [0.4, 0.5) is 5.69 Å². The molecule has 0 atom stereocenters. The number of fused-ring (bicyclic) bond motifs is 4. The van der Waals surface area contributed by atoms with Gasteiger partial charge in [-0.05, 0) is 54.8 Å². The number of hydrogen-bond acceptors (Lipinski definition) is 9. The lowest BCUT2D eigenvalue weighted by atomic mass is 9.83. The minimum absolute atomic E-state index is 0.0889. The Labute approximate surface area is 297 Å². The van der Waals surface area contributed by atoms with Crippen molar-refractivity contribution >= 4 is 48.6 Å². The monoisotopic (exact) mass is 735 g/mol. The Morgan fingerprint density at radius 3 is 2.24 bits per heavy atom. The van der Waals surface area contributed by atoms with E-state index in [0.29, 0.717) is 72.3 Å². The molecule has 1 amide bonds. The lowest BCUT2D eigenvalue weighted by Crippen LogP contribution is -2.47. The van der Waals surface area contributed by atoms with Gasteiger partial charge in [0.1, 0.15) is 24.3 Å². The number of anilines is 1. The first-order chi connectivity index (χ1) is 23.6. The predicted molar refractivity (Wildman–Crippen MR) is 195 cm³/mol. The van der Waals surface area contributed by atoms with Gasteiger partial charge in [-0.25, -0.2) is 13.0 Å². The standard InChI is InChI=1S/C37H41N3O9S2/c1-36(2)18-22(20-50(43,44)45)26-14-28-32(16-30(26)39(36)6)49-33-17-31-27(23(21-51(46,47)48)19-37(3,4)40(31)7)15-29(33)34(28)24-10-8-9-11-25(24)35(42)38(5)12-13-41/h8-11,14-19,41H,12-13,20-21H2,1-7H3,(H-,43,44,45,46,47,48). The zero-order valence-corrected chi connectivity index (χ0v) is 31.1. The number of aliphatic hydroxyl groups excluding tert-OH is 1. The number of aliphatic hydroxyl groups is 1. The molecule has 3 aliphatic rings. The molecule has 0 bridgehead atoms. The maximum Gasteiger partial charge on any atom is 0.269 e. The van der Waals surface area contributed by atoms with E-state index in [1.807, 2.05) is 57.3 Å². The number of benzene rings is 3. The Hall–Kier alpha value is -4.34. The Morgan fingerprint density at radius 2 is 1.59 bits per heavy atom. The van der Waals surface area contributed by atoms with Gasteiger partial charge in [0, 0.05) is 73.7 Å². The van der Waals surface area contributed by atoms with E-state index in [4.69, 9.17) is 4.74 Å². The van der Waals surface area contributed by atoms with Crippen LogP contribution < -0.4 is 24.8 Å². The van der Waals surface area contributed by atoms with Crippen molar-refractivity contribution in [2.24, 2.45) is 0 Å². The van der Waals surface area contributed by atoms with Gasteiger partial charge in [0.15, 0.2) is 5.54 Å². The highest BCUT2D eigenvalue weighted by atomic mass is 32.2. The first-order valence-electron chi connectivity index (χ1n) is 16.3. The van der Waals surface area contributed by atoms with Crippen LogP contribution in [0.5, 0.6) is 11.5 Å². The third-order valence-electron chi connectivity index (χ3n) is 10.0. The molecule has 6 rings (SSSR count). The minimum atomic E-state index is -4.67. The zero-order valence-electron chi connectivity index (χ0n) is 29.5. The molecule has 14 heteroatoms. The lowest BCUT2D eigenvalue weighted by Gasteiger charge is -2.42. The second-order valence-corrected chi connectivity index (χ2v) is 17.3. The second-order valence-electron chi connectivity index (χ2n) is 14.4. The zero-order chi connectivity index (χ0) is 37.4. The van der Waals surface area contributed by atoms with Crippen molar-refractivity contribution in [3.05, 3.63) is 99.1 Å². The lowest BCUT2D eigenvalue weighted by molar-refractivity contribution is 0.0766. The number of carbonyl (C=O) groups is 1. The van der Waals surface area contributed by atoms with Crippen molar-refractivity contribution in [1.29, 1.82) is 0 Å². The summed E-state index contributed by atoms with van der Waals surface area (Å²) in [6.07, 6.45) is 3.55. The molecule has 0 spiro atoms. The fraction of sp³-hybridized carbons (Fsp3) is 0.351. The molecular formula is C37H41N3O9S2. The second kappa shape index (κ2) is 12.4. The third-order valence-corrected chi connectivity index (χ3v) is 11.4. The summed E-state index contributed by atoms with van der Waals surface area (Å²) in [7, 11) is -3.77. The van der Waals surface area contributed by atoms with E-state index in [1.54, 1.807) is 61.7 Å². The van der Waals surface area contributed by atoms with Gasteiger partial charge in [0.05, 0.1) is 39.6 Å². The summed E-state index contributed by atoms with van der Waals surface area (Å²) in [4.78, 5) is 17.3. The largest absolute Gasteiger partial charge is 0.748 e. The summed E-state index contributed by atoms with van der Waals surface area (Å²) in [5.74, 6) is -0.873. The molecule has 0 unspecified atom stereocenters. The molecule has 51 heavy (non-hydrogen) atoms. The molecular weight excluding hydrogens is 695 g/mol. The maximum absolute atomic E-state index is 13.9. The first-order valence-corrected chi connectivity index (χ1v) is 19.5. The summed E-state index contributed by atoms with van der Waals surface area (Å²) in [6, 6.07) is 14.2. The van der Waals surface area contributed by atoms with Gasteiger partial charge in [-0.1, -0.05) is 24.3 Å². The van der Waals surface area contributed by atoms with Crippen LogP contribution in [-0.2, 0) is 20.2 Å². The molecule has 2 N–H and O–H groups in total. The van der Waals surface area contributed by atoms with Crippen LogP contribution in [0.15, 0.2) is 60.7 Å². The van der Waals surface area contributed by atoms with Gasteiger partial charge < -0.3 is 24.2 Å². The molecule has 3 heterocycles. The van der Waals surface area contributed by atoms with E-state index in [1.165, 1.54) is 4.90 Å². The predicted octanol–water partition coefficient (Wildman–Crippen LogP) is 2.45. The summed E-state index contributed by atoms with van der Waals surface area (Å²) >= 11 is 0. The first kappa shape index (κ1) is 36.5. The fourth-order valence-electron chi connectivity index (χ4n) is 7.11. The van der Waals surface area contributed by atoms with E-state index < -0.39 is 42.8 Å². The quantitative estimate of drug-likeness (QED) is 0.203. The van der Waals surface area contributed by atoms with Gasteiger partial charge >= 0.3 is 0 Å². The molecule has 3 aromatic rings. The van der Waals surface area contributed by atoms with E-state index in [2.05, 4.69) is 0 Å². The number of hydrogen-bond donors (Lipinski definition) is 2. The van der Waals surface area contributed by atoms with Gasteiger partial charge in [-0.3, -0.25) is 9.35 Å². The van der Waals surface area contributed by atoms with Crippen LogP contribution in [-0.4, -0.2) is 98.7 Å². The van der Waals surface area contributed by atoms with Crippen LogP contribution in [0.25, 0.3) is 16.7 Å². The highest BCUT2D eigenvalue weighted by Gasteiger charge is 2.37. The molecule has 0 fully saturated rings. The molecule has 3 aliphatic heterocycles. The number of carbonyl (C=O) groups excluding carboxylic acids is 1. The summed E-state index contributed by atoms with van der Waals surface area (Å²) < 4.78 is 79.5.